The first-order valence-electron chi connectivity index (χ1n) is 9.78. The minimum absolute atomic E-state index is 0.150. The maximum Gasteiger partial charge on any atom is 0.318 e. The minimum atomic E-state index is -0.781. The quantitative estimate of drug-likeness (QED) is 0.270. The molecule has 1 aromatic heterocycles. The highest BCUT2D eigenvalue weighted by Crippen LogP contribution is 2.34. The molecule has 0 atom stereocenters. The largest absolute Gasteiger partial charge is 0.450 e. The highest BCUT2D eigenvalue weighted by molar-refractivity contribution is 5.82. The van der Waals surface area contributed by atoms with Crippen molar-refractivity contribution in [2.45, 2.75) is 20.4 Å². The highest BCUT2D eigenvalue weighted by atomic mass is 16.6. The zero-order valence-electron chi connectivity index (χ0n) is 18.3. The number of hydrazone groups is 1. The zero-order chi connectivity index (χ0) is 25.7. The fourth-order valence-corrected chi connectivity index (χ4v) is 3.05. The lowest BCUT2D eigenvalue weighted by molar-refractivity contribution is -0.394. The summed E-state index contributed by atoms with van der Waals surface area (Å²) in [4.78, 5) is 43.1. The molecule has 1 N–H and O–H groups in total. The van der Waals surface area contributed by atoms with Crippen molar-refractivity contribution in [1.82, 2.24) is 15.2 Å². The molecule has 0 unspecified atom stereocenters. The lowest BCUT2D eigenvalue weighted by Crippen LogP contribution is -2.24. The van der Waals surface area contributed by atoms with Crippen molar-refractivity contribution in [2.24, 2.45) is 5.10 Å². The van der Waals surface area contributed by atoms with Crippen molar-refractivity contribution in [3.05, 3.63) is 89.8 Å². The number of amides is 1. The smallest absolute Gasteiger partial charge is 0.318 e. The number of hydrogen-bond donors (Lipinski definition) is 1. The number of aromatic nitrogens is 2. The predicted octanol–water partition coefficient (Wildman–Crippen LogP) is 3.17. The van der Waals surface area contributed by atoms with Crippen LogP contribution in [0.15, 0.2) is 47.6 Å². The summed E-state index contributed by atoms with van der Waals surface area (Å²) in [5.41, 5.74) is 2.15. The lowest BCUT2D eigenvalue weighted by Gasteiger charge is -2.06. The van der Waals surface area contributed by atoms with Crippen LogP contribution in [0.25, 0.3) is 0 Å². The first kappa shape index (κ1) is 24.4. The van der Waals surface area contributed by atoms with Crippen LogP contribution in [0.3, 0.4) is 0 Å². The molecule has 35 heavy (non-hydrogen) atoms. The molecule has 3 aromatic rings. The Labute approximate surface area is 196 Å². The van der Waals surface area contributed by atoms with E-state index in [1.807, 2.05) is 0 Å². The molecule has 0 aliphatic heterocycles. The van der Waals surface area contributed by atoms with E-state index >= 15 is 0 Å². The Morgan fingerprint density at radius 1 is 1.06 bits per heavy atom. The topological polar surface area (TPSA) is 198 Å². The van der Waals surface area contributed by atoms with Crippen LogP contribution < -0.4 is 10.2 Å². The van der Waals surface area contributed by atoms with Crippen LogP contribution in [0.5, 0.6) is 11.5 Å². The highest BCUT2D eigenvalue weighted by Gasteiger charge is 2.23. The Balaban J connectivity index is 1.62. The number of carbonyl (C=O) groups excluding carboxylic acids is 1. The van der Waals surface area contributed by atoms with E-state index < -0.39 is 32.1 Å². The third-order valence-electron chi connectivity index (χ3n) is 4.68. The molecule has 1 amide bonds. The number of nitrogens with one attached hydrogen (secondary N) is 1. The molecule has 0 bridgehead atoms. The Kier molecular flexibility index (Phi) is 7.09. The summed E-state index contributed by atoms with van der Waals surface area (Å²) in [5, 5.41) is 40.9. The molecule has 15 nitrogen and oxygen atoms in total. The number of aryl methyl sites for hydroxylation is 1. The van der Waals surface area contributed by atoms with E-state index in [0.717, 1.165) is 18.2 Å². The monoisotopic (exact) mass is 483 g/mol. The van der Waals surface area contributed by atoms with Crippen molar-refractivity contribution in [2.75, 3.05) is 0 Å². The number of carbonyl (C=O) groups is 1. The van der Waals surface area contributed by atoms with Crippen molar-refractivity contribution in [3.63, 3.8) is 0 Å². The predicted molar refractivity (Wildman–Crippen MR) is 120 cm³/mol. The van der Waals surface area contributed by atoms with Crippen LogP contribution in [-0.2, 0) is 11.3 Å². The molecule has 0 aliphatic carbocycles. The first-order valence-corrected chi connectivity index (χ1v) is 9.78. The van der Waals surface area contributed by atoms with Crippen molar-refractivity contribution in [1.29, 1.82) is 0 Å². The van der Waals surface area contributed by atoms with Gasteiger partial charge in [-0.2, -0.15) is 10.2 Å². The van der Waals surface area contributed by atoms with E-state index in [0.29, 0.717) is 5.56 Å². The second kappa shape index (κ2) is 10.2. The van der Waals surface area contributed by atoms with E-state index in [-0.39, 0.29) is 35.1 Å². The number of nitro groups is 3. The fourth-order valence-electron chi connectivity index (χ4n) is 3.05. The van der Waals surface area contributed by atoms with Gasteiger partial charge in [0.1, 0.15) is 23.7 Å². The van der Waals surface area contributed by atoms with Crippen LogP contribution in [0.2, 0.25) is 0 Å². The van der Waals surface area contributed by atoms with E-state index in [9.17, 15) is 35.1 Å². The van der Waals surface area contributed by atoms with Crippen LogP contribution >= 0.6 is 0 Å². The average molecular weight is 483 g/mol. The molecule has 0 radical (unpaired) electrons. The number of rotatable bonds is 9. The fraction of sp³-hybridized carbons (Fsp3) is 0.150. The maximum absolute atomic E-state index is 12.1. The molecule has 0 fully saturated rings. The summed E-state index contributed by atoms with van der Waals surface area (Å²) in [6.07, 6.45) is 1.33. The van der Waals surface area contributed by atoms with Crippen LogP contribution in [0, 0.1) is 44.2 Å². The maximum atomic E-state index is 12.1. The molecule has 0 aliphatic rings. The van der Waals surface area contributed by atoms with Crippen molar-refractivity contribution in [3.8, 4) is 11.5 Å². The van der Waals surface area contributed by atoms with Gasteiger partial charge in [0.05, 0.1) is 27.1 Å². The first-order chi connectivity index (χ1) is 16.6. The molecule has 0 spiro atoms. The van der Waals surface area contributed by atoms with Gasteiger partial charge in [0.2, 0.25) is 5.75 Å². The summed E-state index contributed by atoms with van der Waals surface area (Å²) >= 11 is 0. The van der Waals surface area contributed by atoms with Gasteiger partial charge in [-0.1, -0.05) is 0 Å². The average Bonchev–Trinajstić information content (AvgIpc) is 3.07. The summed E-state index contributed by atoms with van der Waals surface area (Å²) in [6.45, 7) is 2.70. The molecular formula is C20H17N7O8. The lowest BCUT2D eigenvalue weighted by atomic mass is 10.2. The SMILES string of the molecule is Cc1nn(CC(=O)NN=Cc2ccc(Oc3ccc([N+](=O)[O-])cc3[N+](=O)[O-])cc2)c(C)c1[N+](=O)[O-]. The van der Waals surface area contributed by atoms with Gasteiger partial charge in [-0.15, -0.1) is 0 Å². The zero-order valence-corrected chi connectivity index (χ0v) is 18.3. The second-order valence-corrected chi connectivity index (χ2v) is 7.06. The van der Waals surface area contributed by atoms with Gasteiger partial charge >= 0.3 is 11.4 Å². The Morgan fingerprint density at radius 2 is 1.74 bits per heavy atom. The Hall–Kier alpha value is -5.21. The van der Waals surface area contributed by atoms with Gasteiger partial charge in [0, 0.05) is 6.07 Å². The molecule has 3 rings (SSSR count). The molecule has 0 saturated carbocycles. The summed E-state index contributed by atoms with van der Waals surface area (Å²) in [5.74, 6) is -0.486. The van der Waals surface area contributed by atoms with E-state index in [4.69, 9.17) is 4.74 Å². The van der Waals surface area contributed by atoms with Gasteiger partial charge in [0.15, 0.2) is 0 Å². The molecule has 1 heterocycles. The number of nitro benzene ring substituents is 2. The Bertz CT molecular complexity index is 1350. The Morgan fingerprint density at radius 3 is 2.31 bits per heavy atom. The van der Waals surface area contributed by atoms with E-state index in [1.54, 1.807) is 12.1 Å². The molecule has 15 heteroatoms. The summed E-state index contributed by atoms with van der Waals surface area (Å²) in [7, 11) is 0. The summed E-state index contributed by atoms with van der Waals surface area (Å²) < 4.78 is 6.68. The van der Waals surface area contributed by atoms with Crippen LogP contribution in [0.1, 0.15) is 17.0 Å². The van der Waals surface area contributed by atoms with Crippen LogP contribution in [0.4, 0.5) is 17.1 Å². The number of nitrogens with zero attached hydrogens (tertiary/aromatic N) is 6. The van der Waals surface area contributed by atoms with Gasteiger partial charge in [-0.05, 0) is 49.7 Å². The van der Waals surface area contributed by atoms with Gasteiger partial charge in [0.25, 0.3) is 11.6 Å². The molecule has 180 valence electrons. The number of benzene rings is 2. The molecule has 0 saturated heterocycles. The second-order valence-electron chi connectivity index (χ2n) is 7.06. The van der Waals surface area contributed by atoms with E-state index in [1.165, 1.54) is 36.9 Å². The van der Waals surface area contributed by atoms with E-state index in [2.05, 4.69) is 15.6 Å². The normalized spacial score (nSPS) is 10.8. The van der Waals surface area contributed by atoms with Crippen molar-refractivity contribution < 1.29 is 24.3 Å². The number of hydrogen-bond acceptors (Lipinski definition) is 10. The third kappa shape index (κ3) is 5.78. The van der Waals surface area contributed by atoms with Gasteiger partial charge in [-0.25, -0.2) is 5.43 Å². The standard InChI is InChI=1S/C20H17N7O8/c1-12-20(27(33)34)13(2)24(23-12)11-19(28)22-21-10-14-3-6-16(7-4-14)35-18-8-5-15(25(29)30)9-17(18)26(31)32/h3-10H,11H2,1-2H3,(H,22,28). The summed E-state index contributed by atoms with van der Waals surface area (Å²) in [6, 6.07) is 9.14. The minimum Gasteiger partial charge on any atom is -0.450 e. The number of ether oxygens (including phenoxy) is 1. The van der Waals surface area contributed by atoms with Gasteiger partial charge < -0.3 is 4.74 Å². The number of non-ortho nitro benzene ring substituents is 1. The molecule has 2 aromatic carbocycles. The van der Waals surface area contributed by atoms with Gasteiger partial charge in [-0.3, -0.25) is 39.8 Å². The van der Waals surface area contributed by atoms with Crippen LogP contribution in [-0.4, -0.2) is 36.7 Å². The molecular weight excluding hydrogens is 466 g/mol. The third-order valence-corrected chi connectivity index (χ3v) is 4.68. The van der Waals surface area contributed by atoms with Crippen molar-refractivity contribution >= 4 is 29.2 Å².